The van der Waals surface area contributed by atoms with Crippen molar-refractivity contribution in [2.75, 3.05) is 6.54 Å². The number of hydrogen-bond donors (Lipinski definition) is 1. The highest BCUT2D eigenvalue weighted by atomic mass is 35.5. The van der Waals surface area contributed by atoms with Crippen LogP contribution in [0.1, 0.15) is 44.5 Å². The molecule has 21 heavy (non-hydrogen) atoms. The van der Waals surface area contributed by atoms with E-state index in [4.69, 9.17) is 11.6 Å². The summed E-state index contributed by atoms with van der Waals surface area (Å²) >= 11 is 6.30. The van der Waals surface area contributed by atoms with Crippen molar-refractivity contribution in [1.29, 1.82) is 0 Å². The van der Waals surface area contributed by atoms with E-state index in [2.05, 4.69) is 56.4 Å². The summed E-state index contributed by atoms with van der Waals surface area (Å²) in [7, 11) is 0. The molecule has 0 aliphatic carbocycles. The first kappa shape index (κ1) is 16.1. The van der Waals surface area contributed by atoms with E-state index in [-0.39, 0.29) is 0 Å². The summed E-state index contributed by atoms with van der Waals surface area (Å²) in [6.45, 7) is 10.3. The molecule has 0 atom stereocenters. The molecule has 0 amide bonds. The molecule has 2 aromatic rings. The molecule has 0 spiro atoms. The zero-order valence-electron chi connectivity index (χ0n) is 13.3. The molecular weight excluding hydrogens is 282 g/mol. The monoisotopic (exact) mass is 305 g/mol. The van der Waals surface area contributed by atoms with Crippen LogP contribution in [-0.4, -0.2) is 16.3 Å². The fraction of sp³-hybridized carbons (Fsp3) is 0.471. The molecule has 0 fully saturated rings. The van der Waals surface area contributed by atoms with Crippen LogP contribution in [0.4, 0.5) is 0 Å². The molecule has 1 aromatic carbocycles. The van der Waals surface area contributed by atoms with Gasteiger partial charge in [-0.1, -0.05) is 24.6 Å². The van der Waals surface area contributed by atoms with Crippen LogP contribution in [-0.2, 0) is 6.54 Å². The Bertz CT molecular complexity index is 602. The van der Waals surface area contributed by atoms with Gasteiger partial charge in [-0.25, -0.2) is 0 Å². The van der Waals surface area contributed by atoms with Gasteiger partial charge < -0.3 is 5.32 Å². The minimum absolute atomic E-state index is 0.371. The second kappa shape index (κ2) is 7.10. The summed E-state index contributed by atoms with van der Waals surface area (Å²) in [6.07, 6.45) is 3.24. The smallest absolute Gasteiger partial charge is 0.0672 e. The lowest BCUT2D eigenvalue weighted by molar-refractivity contribution is 0.529. The third-order valence-electron chi connectivity index (χ3n) is 3.54. The van der Waals surface area contributed by atoms with Gasteiger partial charge in [-0.05, 0) is 57.0 Å². The van der Waals surface area contributed by atoms with Crippen LogP contribution in [0.2, 0.25) is 5.02 Å². The lowest BCUT2D eigenvalue weighted by Gasteiger charge is -2.08. The topological polar surface area (TPSA) is 29.9 Å². The molecule has 0 radical (unpaired) electrons. The molecule has 3 nitrogen and oxygen atoms in total. The Labute approximate surface area is 132 Å². The number of halogens is 1. The van der Waals surface area contributed by atoms with Crippen molar-refractivity contribution >= 4 is 11.6 Å². The summed E-state index contributed by atoms with van der Waals surface area (Å²) in [5.41, 5.74) is 4.55. The van der Waals surface area contributed by atoms with Crippen LogP contribution >= 0.6 is 11.6 Å². The van der Waals surface area contributed by atoms with E-state index >= 15 is 0 Å². The van der Waals surface area contributed by atoms with E-state index in [1.54, 1.807) is 0 Å². The van der Waals surface area contributed by atoms with Gasteiger partial charge >= 0.3 is 0 Å². The van der Waals surface area contributed by atoms with Crippen LogP contribution in [0.25, 0.3) is 11.1 Å². The molecule has 0 unspecified atom stereocenters. The maximum atomic E-state index is 6.30. The first-order valence-electron chi connectivity index (χ1n) is 7.58. The molecule has 0 saturated heterocycles. The normalized spacial score (nSPS) is 11.3. The predicted molar refractivity (Wildman–Crippen MR) is 89.8 cm³/mol. The van der Waals surface area contributed by atoms with Gasteiger partial charge in [0.05, 0.1) is 5.69 Å². The van der Waals surface area contributed by atoms with Crippen molar-refractivity contribution in [3.63, 3.8) is 0 Å². The van der Waals surface area contributed by atoms with Gasteiger partial charge in [-0.2, -0.15) is 5.10 Å². The zero-order valence-corrected chi connectivity index (χ0v) is 14.0. The maximum Gasteiger partial charge on any atom is 0.0672 e. The third-order valence-corrected chi connectivity index (χ3v) is 3.91. The summed E-state index contributed by atoms with van der Waals surface area (Å²) in [6, 6.07) is 6.59. The van der Waals surface area contributed by atoms with Crippen LogP contribution in [0.3, 0.4) is 0 Å². The van der Waals surface area contributed by atoms with Gasteiger partial charge in [0.2, 0.25) is 0 Å². The average molecular weight is 306 g/mol. The van der Waals surface area contributed by atoms with Gasteiger partial charge in [0.1, 0.15) is 0 Å². The van der Waals surface area contributed by atoms with Crippen molar-refractivity contribution in [3.8, 4) is 11.1 Å². The Hall–Kier alpha value is -1.32. The fourth-order valence-electron chi connectivity index (χ4n) is 2.31. The van der Waals surface area contributed by atoms with Gasteiger partial charge in [0.25, 0.3) is 0 Å². The Morgan fingerprint density at radius 3 is 2.71 bits per heavy atom. The standard InChI is InChI=1S/C17H24ClN3/c1-5-8-19-10-15-9-14(6-7-17(15)18)16-11-21(12(2)3)20-13(16)4/h6-7,9,11-12,19H,5,8,10H2,1-4H3. The first-order chi connectivity index (χ1) is 10.0. The van der Waals surface area contributed by atoms with E-state index < -0.39 is 0 Å². The Morgan fingerprint density at radius 1 is 1.33 bits per heavy atom. The highest BCUT2D eigenvalue weighted by molar-refractivity contribution is 6.31. The summed E-state index contributed by atoms with van der Waals surface area (Å²) in [5.74, 6) is 0. The highest BCUT2D eigenvalue weighted by Crippen LogP contribution is 2.28. The summed E-state index contributed by atoms with van der Waals surface area (Å²) in [5, 5.41) is 8.80. The number of aromatic nitrogens is 2. The van der Waals surface area contributed by atoms with Crippen molar-refractivity contribution in [3.05, 3.63) is 40.7 Å². The number of rotatable bonds is 6. The van der Waals surface area contributed by atoms with Gasteiger partial charge in [0.15, 0.2) is 0 Å². The molecule has 0 saturated carbocycles. The van der Waals surface area contributed by atoms with E-state index in [1.165, 1.54) is 11.1 Å². The fourth-order valence-corrected chi connectivity index (χ4v) is 2.49. The zero-order chi connectivity index (χ0) is 15.4. The van der Waals surface area contributed by atoms with Crippen LogP contribution < -0.4 is 5.32 Å². The molecule has 1 N–H and O–H groups in total. The lowest BCUT2D eigenvalue weighted by Crippen LogP contribution is -2.14. The minimum atomic E-state index is 0.371. The van der Waals surface area contributed by atoms with Crippen LogP contribution in [0.15, 0.2) is 24.4 Å². The van der Waals surface area contributed by atoms with Gasteiger partial charge in [-0.3, -0.25) is 4.68 Å². The van der Waals surface area contributed by atoms with Crippen molar-refractivity contribution in [1.82, 2.24) is 15.1 Å². The molecule has 0 aliphatic rings. The number of benzene rings is 1. The Balaban J connectivity index is 2.29. The predicted octanol–water partition coefficient (Wildman–Crippen LogP) is 4.59. The van der Waals surface area contributed by atoms with Crippen LogP contribution in [0, 0.1) is 6.92 Å². The number of hydrogen-bond acceptors (Lipinski definition) is 2. The van der Waals surface area contributed by atoms with E-state index in [0.717, 1.165) is 35.8 Å². The Morgan fingerprint density at radius 2 is 2.10 bits per heavy atom. The maximum absolute atomic E-state index is 6.30. The molecule has 4 heteroatoms. The Kier molecular flexibility index (Phi) is 5.43. The van der Waals surface area contributed by atoms with Crippen molar-refractivity contribution in [2.24, 2.45) is 0 Å². The van der Waals surface area contributed by atoms with Gasteiger partial charge in [0, 0.05) is 29.4 Å². The quantitative estimate of drug-likeness (QED) is 0.791. The van der Waals surface area contributed by atoms with E-state index in [9.17, 15) is 0 Å². The molecule has 1 heterocycles. The molecule has 1 aromatic heterocycles. The first-order valence-corrected chi connectivity index (χ1v) is 7.96. The molecular formula is C17H24ClN3. The number of nitrogens with one attached hydrogen (secondary N) is 1. The van der Waals surface area contributed by atoms with Gasteiger partial charge in [-0.15, -0.1) is 0 Å². The van der Waals surface area contributed by atoms with Crippen molar-refractivity contribution < 1.29 is 0 Å². The second-order valence-corrected chi connectivity index (χ2v) is 6.09. The summed E-state index contributed by atoms with van der Waals surface area (Å²) in [4.78, 5) is 0. The number of nitrogens with zero attached hydrogens (tertiary/aromatic N) is 2. The molecule has 0 bridgehead atoms. The van der Waals surface area contributed by atoms with E-state index in [0.29, 0.717) is 6.04 Å². The average Bonchev–Trinajstić information content (AvgIpc) is 2.83. The molecule has 2 rings (SSSR count). The molecule has 0 aliphatic heterocycles. The summed E-state index contributed by atoms with van der Waals surface area (Å²) < 4.78 is 2.01. The number of aryl methyl sites for hydroxylation is 1. The third kappa shape index (κ3) is 3.86. The second-order valence-electron chi connectivity index (χ2n) is 5.68. The van der Waals surface area contributed by atoms with E-state index in [1.807, 2.05) is 10.7 Å². The largest absolute Gasteiger partial charge is 0.313 e. The van der Waals surface area contributed by atoms with Crippen molar-refractivity contribution in [2.45, 2.75) is 46.7 Å². The highest BCUT2D eigenvalue weighted by Gasteiger charge is 2.11. The SMILES string of the molecule is CCCNCc1cc(-c2cn(C(C)C)nc2C)ccc1Cl. The molecule has 114 valence electrons. The lowest BCUT2D eigenvalue weighted by atomic mass is 10.0. The van der Waals surface area contributed by atoms with Crippen LogP contribution in [0.5, 0.6) is 0 Å². The minimum Gasteiger partial charge on any atom is -0.313 e.